The molecule has 2 rings (SSSR count). The number of amides is 2. The SMILES string of the molecule is Cc1ccc([N+](=O)[O-])cc1NC(=O)C(=O)NCCN1CCOCC1. The van der Waals surface area contributed by atoms with E-state index in [1.807, 2.05) is 0 Å². The van der Waals surface area contributed by atoms with E-state index in [4.69, 9.17) is 4.74 Å². The van der Waals surface area contributed by atoms with E-state index < -0.39 is 16.7 Å². The normalized spacial score (nSPS) is 14.9. The summed E-state index contributed by atoms with van der Waals surface area (Å²) < 4.78 is 5.23. The molecule has 1 fully saturated rings. The number of rotatable bonds is 5. The highest BCUT2D eigenvalue weighted by atomic mass is 16.6. The third kappa shape index (κ3) is 5.00. The van der Waals surface area contributed by atoms with Gasteiger partial charge in [-0.05, 0) is 12.5 Å². The number of hydrogen-bond acceptors (Lipinski definition) is 6. The van der Waals surface area contributed by atoms with Crippen LogP contribution in [-0.4, -0.2) is 61.0 Å². The Morgan fingerprint density at radius 1 is 1.29 bits per heavy atom. The summed E-state index contributed by atoms with van der Waals surface area (Å²) >= 11 is 0. The minimum Gasteiger partial charge on any atom is -0.379 e. The zero-order chi connectivity index (χ0) is 17.5. The largest absolute Gasteiger partial charge is 0.379 e. The molecule has 0 atom stereocenters. The van der Waals surface area contributed by atoms with Crippen LogP contribution in [0, 0.1) is 17.0 Å². The summed E-state index contributed by atoms with van der Waals surface area (Å²) in [6.07, 6.45) is 0. The molecular formula is C15H20N4O5. The average molecular weight is 336 g/mol. The summed E-state index contributed by atoms with van der Waals surface area (Å²) in [5.41, 5.74) is 0.733. The Kier molecular flexibility index (Phi) is 6.21. The Bertz CT molecular complexity index is 628. The Balaban J connectivity index is 1.83. The van der Waals surface area contributed by atoms with E-state index in [1.54, 1.807) is 6.92 Å². The van der Waals surface area contributed by atoms with Gasteiger partial charge in [-0.3, -0.25) is 24.6 Å². The third-order valence-corrected chi connectivity index (χ3v) is 3.70. The number of ether oxygens (including phenoxy) is 1. The first-order chi connectivity index (χ1) is 11.5. The lowest BCUT2D eigenvalue weighted by atomic mass is 10.2. The number of aryl methyl sites for hydroxylation is 1. The summed E-state index contributed by atoms with van der Waals surface area (Å²) in [5.74, 6) is -1.62. The van der Waals surface area contributed by atoms with Crippen LogP contribution in [0.15, 0.2) is 18.2 Å². The molecule has 2 N–H and O–H groups in total. The van der Waals surface area contributed by atoms with Crippen LogP contribution < -0.4 is 10.6 Å². The number of nitro benzene ring substituents is 1. The highest BCUT2D eigenvalue weighted by molar-refractivity contribution is 6.39. The van der Waals surface area contributed by atoms with Crippen molar-refractivity contribution < 1.29 is 19.2 Å². The van der Waals surface area contributed by atoms with Crippen LogP contribution in [0.5, 0.6) is 0 Å². The Hall–Kier alpha value is -2.52. The molecule has 1 heterocycles. The van der Waals surface area contributed by atoms with Gasteiger partial charge in [0, 0.05) is 38.3 Å². The monoisotopic (exact) mass is 336 g/mol. The van der Waals surface area contributed by atoms with Crippen LogP contribution in [0.3, 0.4) is 0 Å². The fourth-order valence-corrected chi connectivity index (χ4v) is 2.27. The summed E-state index contributed by atoms with van der Waals surface area (Å²) in [7, 11) is 0. The predicted molar refractivity (Wildman–Crippen MR) is 86.7 cm³/mol. The average Bonchev–Trinajstić information content (AvgIpc) is 2.57. The molecule has 24 heavy (non-hydrogen) atoms. The first kappa shape index (κ1) is 17.8. The molecule has 130 valence electrons. The first-order valence-electron chi connectivity index (χ1n) is 7.61. The molecule has 9 heteroatoms. The molecule has 2 amide bonds. The Labute approximate surface area is 139 Å². The minimum absolute atomic E-state index is 0.149. The number of benzene rings is 1. The van der Waals surface area contributed by atoms with Gasteiger partial charge in [0.25, 0.3) is 5.69 Å². The summed E-state index contributed by atoms with van der Waals surface area (Å²) in [4.78, 5) is 36.1. The second-order valence-electron chi connectivity index (χ2n) is 5.42. The van der Waals surface area contributed by atoms with Crippen LogP contribution >= 0.6 is 0 Å². The summed E-state index contributed by atoms with van der Waals surface area (Å²) in [6, 6.07) is 4.09. The number of morpholine rings is 1. The maximum atomic E-state index is 11.9. The van der Waals surface area contributed by atoms with Crippen molar-refractivity contribution in [3.05, 3.63) is 33.9 Å². The topological polar surface area (TPSA) is 114 Å². The number of carbonyl (C=O) groups is 2. The molecular weight excluding hydrogens is 316 g/mol. The first-order valence-corrected chi connectivity index (χ1v) is 7.61. The van der Waals surface area contributed by atoms with Gasteiger partial charge in [0.15, 0.2) is 0 Å². The highest BCUT2D eigenvalue weighted by Gasteiger charge is 2.17. The van der Waals surface area contributed by atoms with Gasteiger partial charge in [-0.25, -0.2) is 0 Å². The lowest BCUT2D eigenvalue weighted by molar-refractivity contribution is -0.384. The standard InChI is InChI=1S/C15H20N4O5/c1-11-2-3-12(19(22)23)10-13(11)17-15(21)14(20)16-4-5-18-6-8-24-9-7-18/h2-3,10H,4-9H2,1H3,(H,16,20)(H,17,21). The molecule has 1 saturated heterocycles. The minimum atomic E-state index is -0.847. The molecule has 0 aliphatic carbocycles. The quantitative estimate of drug-likeness (QED) is 0.454. The number of nitro groups is 1. The zero-order valence-corrected chi connectivity index (χ0v) is 13.4. The van der Waals surface area contributed by atoms with Gasteiger partial charge in [0.2, 0.25) is 0 Å². The van der Waals surface area contributed by atoms with Crippen molar-refractivity contribution in [3.63, 3.8) is 0 Å². The molecule has 0 spiro atoms. The van der Waals surface area contributed by atoms with E-state index in [0.29, 0.717) is 31.9 Å². The fourth-order valence-electron chi connectivity index (χ4n) is 2.27. The second kappa shape index (κ2) is 8.37. The number of anilines is 1. The van der Waals surface area contributed by atoms with Gasteiger partial charge < -0.3 is 15.4 Å². The van der Waals surface area contributed by atoms with Crippen molar-refractivity contribution in [2.45, 2.75) is 6.92 Å². The predicted octanol–water partition coefficient (Wildman–Crippen LogP) is 0.290. The molecule has 0 radical (unpaired) electrons. The van der Waals surface area contributed by atoms with Gasteiger partial charge in [-0.2, -0.15) is 0 Å². The van der Waals surface area contributed by atoms with Gasteiger partial charge in [-0.15, -0.1) is 0 Å². The smallest absolute Gasteiger partial charge is 0.313 e. The second-order valence-corrected chi connectivity index (χ2v) is 5.42. The maximum Gasteiger partial charge on any atom is 0.313 e. The van der Waals surface area contributed by atoms with Crippen molar-refractivity contribution in [3.8, 4) is 0 Å². The van der Waals surface area contributed by atoms with E-state index in [2.05, 4.69) is 15.5 Å². The molecule has 1 aliphatic heterocycles. The molecule has 0 saturated carbocycles. The van der Waals surface area contributed by atoms with Crippen molar-refractivity contribution >= 4 is 23.2 Å². The van der Waals surface area contributed by atoms with Crippen LogP contribution in [0.1, 0.15) is 5.56 Å². The van der Waals surface area contributed by atoms with E-state index in [0.717, 1.165) is 13.1 Å². The highest BCUT2D eigenvalue weighted by Crippen LogP contribution is 2.21. The van der Waals surface area contributed by atoms with Crippen molar-refractivity contribution in [2.24, 2.45) is 0 Å². The molecule has 0 bridgehead atoms. The summed E-state index contributed by atoms with van der Waals surface area (Å²) in [6.45, 7) is 5.61. The van der Waals surface area contributed by atoms with Crippen molar-refractivity contribution in [1.82, 2.24) is 10.2 Å². The van der Waals surface area contributed by atoms with E-state index >= 15 is 0 Å². The Morgan fingerprint density at radius 3 is 2.67 bits per heavy atom. The van der Waals surface area contributed by atoms with Gasteiger partial charge >= 0.3 is 11.8 Å². The molecule has 1 aliphatic rings. The number of nitrogens with zero attached hydrogens (tertiary/aromatic N) is 2. The maximum absolute atomic E-state index is 11.9. The van der Waals surface area contributed by atoms with Crippen LogP contribution in [0.2, 0.25) is 0 Å². The third-order valence-electron chi connectivity index (χ3n) is 3.70. The lowest BCUT2D eigenvalue weighted by Gasteiger charge is -2.26. The Morgan fingerprint density at radius 2 is 2.00 bits per heavy atom. The van der Waals surface area contributed by atoms with Gasteiger partial charge in [0.05, 0.1) is 23.8 Å². The van der Waals surface area contributed by atoms with Crippen molar-refractivity contribution in [2.75, 3.05) is 44.7 Å². The van der Waals surface area contributed by atoms with E-state index in [9.17, 15) is 19.7 Å². The van der Waals surface area contributed by atoms with Gasteiger partial charge in [-0.1, -0.05) is 6.07 Å². The van der Waals surface area contributed by atoms with Crippen LogP contribution in [-0.2, 0) is 14.3 Å². The molecule has 9 nitrogen and oxygen atoms in total. The molecule has 0 unspecified atom stereocenters. The van der Waals surface area contributed by atoms with E-state index in [-0.39, 0.29) is 11.4 Å². The number of non-ortho nitro benzene ring substituents is 1. The number of carbonyl (C=O) groups excluding carboxylic acids is 2. The lowest BCUT2D eigenvalue weighted by Crippen LogP contribution is -2.43. The molecule has 1 aromatic rings. The van der Waals surface area contributed by atoms with Crippen LogP contribution in [0.25, 0.3) is 0 Å². The molecule has 0 aromatic heterocycles. The van der Waals surface area contributed by atoms with E-state index in [1.165, 1.54) is 18.2 Å². The van der Waals surface area contributed by atoms with Crippen molar-refractivity contribution in [1.29, 1.82) is 0 Å². The molecule has 1 aromatic carbocycles. The van der Waals surface area contributed by atoms with Gasteiger partial charge in [0.1, 0.15) is 0 Å². The zero-order valence-electron chi connectivity index (χ0n) is 13.4. The van der Waals surface area contributed by atoms with Crippen LogP contribution in [0.4, 0.5) is 11.4 Å². The summed E-state index contributed by atoms with van der Waals surface area (Å²) in [5, 5.41) is 15.7. The fraction of sp³-hybridized carbons (Fsp3) is 0.467. The number of nitrogens with one attached hydrogen (secondary N) is 2. The number of hydrogen-bond donors (Lipinski definition) is 2.